The third-order valence-electron chi connectivity index (χ3n) is 2.65. The molecule has 2 atom stereocenters. The number of nitrogens with two attached hydrogens (primary N) is 1. The quantitative estimate of drug-likeness (QED) is 0.696. The summed E-state index contributed by atoms with van der Waals surface area (Å²) in [6, 6.07) is 0. The van der Waals surface area contributed by atoms with E-state index < -0.39 is 0 Å². The monoisotopic (exact) mass is 207 g/mol. The second-order valence-electron chi connectivity index (χ2n) is 3.49. The summed E-state index contributed by atoms with van der Waals surface area (Å²) < 4.78 is 4.70. The number of rotatable bonds is 2. The van der Waals surface area contributed by atoms with E-state index in [0.29, 0.717) is 12.5 Å². The maximum Gasteiger partial charge on any atom is 0.308 e. The Balaban J connectivity index is 0.00000144. The second kappa shape index (κ2) is 6.22. The molecule has 13 heavy (non-hydrogen) atoms. The van der Waals surface area contributed by atoms with Gasteiger partial charge in [0.15, 0.2) is 0 Å². The highest BCUT2D eigenvalue weighted by Gasteiger charge is 2.26. The number of ether oxygens (including phenoxy) is 1. The normalized spacial score (nSPS) is 27.5. The molecule has 0 aromatic rings. The van der Waals surface area contributed by atoms with Crippen LogP contribution in [-0.2, 0) is 9.53 Å². The minimum absolute atomic E-state index is 0. The Morgan fingerprint density at radius 1 is 1.54 bits per heavy atom. The van der Waals surface area contributed by atoms with Gasteiger partial charge in [0, 0.05) is 0 Å². The van der Waals surface area contributed by atoms with Crippen LogP contribution in [-0.4, -0.2) is 19.6 Å². The Labute approximate surface area is 85.4 Å². The summed E-state index contributed by atoms with van der Waals surface area (Å²) >= 11 is 0. The molecule has 0 heterocycles. The molecule has 0 bridgehead atoms. The zero-order valence-electron chi connectivity index (χ0n) is 7.99. The molecular weight excluding hydrogens is 190 g/mol. The van der Waals surface area contributed by atoms with Gasteiger partial charge in [-0.2, -0.15) is 0 Å². The van der Waals surface area contributed by atoms with Crippen LogP contribution >= 0.6 is 12.4 Å². The highest BCUT2D eigenvalue weighted by atomic mass is 35.5. The van der Waals surface area contributed by atoms with E-state index in [1.165, 1.54) is 13.5 Å². The topological polar surface area (TPSA) is 52.3 Å². The van der Waals surface area contributed by atoms with Gasteiger partial charge in [-0.1, -0.05) is 6.42 Å². The van der Waals surface area contributed by atoms with Gasteiger partial charge in [0.25, 0.3) is 0 Å². The fourth-order valence-corrected chi connectivity index (χ4v) is 1.89. The molecule has 1 rings (SSSR count). The molecule has 0 radical (unpaired) electrons. The van der Waals surface area contributed by atoms with Crippen molar-refractivity contribution in [3.8, 4) is 0 Å². The maximum absolute atomic E-state index is 11.2. The summed E-state index contributed by atoms with van der Waals surface area (Å²) in [5.41, 5.74) is 5.55. The number of hydrogen-bond donors (Lipinski definition) is 1. The molecular formula is C9H18ClNO2. The van der Waals surface area contributed by atoms with Gasteiger partial charge in [0.05, 0.1) is 13.0 Å². The molecule has 1 fully saturated rings. The van der Waals surface area contributed by atoms with Gasteiger partial charge in [0.1, 0.15) is 0 Å². The fraction of sp³-hybridized carbons (Fsp3) is 0.889. The standard InChI is InChI=1S/C9H17NO2.ClH/c1-12-9(11)8-4-2-3-7(5-8)6-10;/h7-8H,2-6,10H2,1H3;1H/t7-,8+;/m0./s1. The largest absolute Gasteiger partial charge is 0.469 e. The summed E-state index contributed by atoms with van der Waals surface area (Å²) in [5.74, 6) is 0.577. The summed E-state index contributed by atoms with van der Waals surface area (Å²) in [6.07, 6.45) is 4.18. The van der Waals surface area contributed by atoms with Crippen molar-refractivity contribution in [3.05, 3.63) is 0 Å². The first kappa shape index (κ1) is 12.7. The lowest BCUT2D eigenvalue weighted by Gasteiger charge is -2.26. The van der Waals surface area contributed by atoms with Gasteiger partial charge in [-0.15, -0.1) is 12.4 Å². The van der Waals surface area contributed by atoms with Gasteiger partial charge < -0.3 is 10.5 Å². The Bertz CT molecular complexity index is 164. The Morgan fingerprint density at radius 2 is 2.23 bits per heavy atom. The molecule has 0 saturated heterocycles. The van der Waals surface area contributed by atoms with Crippen molar-refractivity contribution in [2.75, 3.05) is 13.7 Å². The van der Waals surface area contributed by atoms with E-state index in [2.05, 4.69) is 0 Å². The number of hydrogen-bond acceptors (Lipinski definition) is 3. The van der Waals surface area contributed by atoms with Gasteiger partial charge >= 0.3 is 5.97 Å². The van der Waals surface area contributed by atoms with Crippen molar-refractivity contribution in [1.82, 2.24) is 0 Å². The van der Waals surface area contributed by atoms with Crippen LogP contribution in [0.2, 0.25) is 0 Å². The summed E-state index contributed by atoms with van der Waals surface area (Å²) in [7, 11) is 1.45. The van der Waals surface area contributed by atoms with Crippen LogP contribution in [0.15, 0.2) is 0 Å². The van der Waals surface area contributed by atoms with Crippen LogP contribution in [0.4, 0.5) is 0 Å². The summed E-state index contributed by atoms with van der Waals surface area (Å²) in [6.45, 7) is 0.702. The number of carbonyl (C=O) groups is 1. The summed E-state index contributed by atoms with van der Waals surface area (Å²) in [5, 5.41) is 0. The van der Waals surface area contributed by atoms with Crippen LogP contribution < -0.4 is 5.73 Å². The third kappa shape index (κ3) is 3.53. The SMILES string of the molecule is COC(=O)[C@@H]1CCC[C@H](CN)C1.Cl. The molecule has 78 valence electrons. The minimum atomic E-state index is -0.0619. The van der Waals surface area contributed by atoms with Crippen molar-refractivity contribution in [3.63, 3.8) is 0 Å². The Hall–Kier alpha value is -0.280. The lowest BCUT2D eigenvalue weighted by molar-refractivity contribution is -0.147. The zero-order chi connectivity index (χ0) is 8.97. The number of esters is 1. The molecule has 1 saturated carbocycles. The number of halogens is 1. The molecule has 3 nitrogen and oxygen atoms in total. The third-order valence-corrected chi connectivity index (χ3v) is 2.65. The summed E-state index contributed by atoms with van der Waals surface area (Å²) in [4.78, 5) is 11.2. The van der Waals surface area contributed by atoms with Crippen LogP contribution in [0.3, 0.4) is 0 Å². The first-order valence-corrected chi connectivity index (χ1v) is 4.55. The molecule has 0 amide bonds. The lowest BCUT2D eigenvalue weighted by Crippen LogP contribution is -2.27. The van der Waals surface area contributed by atoms with Crippen molar-refractivity contribution in [1.29, 1.82) is 0 Å². The minimum Gasteiger partial charge on any atom is -0.469 e. The first-order chi connectivity index (χ1) is 5.77. The van der Waals surface area contributed by atoms with E-state index in [1.54, 1.807) is 0 Å². The predicted molar refractivity (Wildman–Crippen MR) is 53.8 cm³/mol. The van der Waals surface area contributed by atoms with Crippen LogP contribution in [0.25, 0.3) is 0 Å². The van der Waals surface area contributed by atoms with E-state index in [0.717, 1.165) is 19.3 Å². The molecule has 1 aliphatic rings. The highest BCUT2D eigenvalue weighted by Crippen LogP contribution is 2.28. The molecule has 2 N–H and O–H groups in total. The Kier molecular flexibility index (Phi) is 6.08. The van der Waals surface area contributed by atoms with Crippen molar-refractivity contribution in [2.24, 2.45) is 17.6 Å². The first-order valence-electron chi connectivity index (χ1n) is 4.55. The molecule has 0 aromatic carbocycles. The average Bonchev–Trinajstić information content (AvgIpc) is 2.17. The van der Waals surface area contributed by atoms with Crippen LogP contribution in [0, 0.1) is 11.8 Å². The molecule has 1 aliphatic carbocycles. The van der Waals surface area contributed by atoms with E-state index >= 15 is 0 Å². The molecule has 0 spiro atoms. The molecule has 4 heteroatoms. The van der Waals surface area contributed by atoms with Gasteiger partial charge in [-0.05, 0) is 31.7 Å². The maximum atomic E-state index is 11.2. The van der Waals surface area contributed by atoms with Gasteiger partial charge in [0.2, 0.25) is 0 Å². The zero-order valence-corrected chi connectivity index (χ0v) is 8.81. The lowest BCUT2D eigenvalue weighted by atomic mass is 9.81. The molecule has 0 unspecified atom stereocenters. The van der Waals surface area contributed by atoms with Crippen LogP contribution in [0.1, 0.15) is 25.7 Å². The van der Waals surface area contributed by atoms with E-state index in [1.807, 2.05) is 0 Å². The van der Waals surface area contributed by atoms with Crippen molar-refractivity contribution < 1.29 is 9.53 Å². The van der Waals surface area contributed by atoms with Crippen molar-refractivity contribution in [2.45, 2.75) is 25.7 Å². The van der Waals surface area contributed by atoms with Crippen LogP contribution in [0.5, 0.6) is 0 Å². The van der Waals surface area contributed by atoms with E-state index in [4.69, 9.17) is 10.5 Å². The molecule has 0 aliphatic heterocycles. The number of methoxy groups -OCH3 is 1. The molecule has 0 aromatic heterocycles. The van der Waals surface area contributed by atoms with Crippen molar-refractivity contribution >= 4 is 18.4 Å². The van der Waals surface area contributed by atoms with Gasteiger partial charge in [-0.3, -0.25) is 4.79 Å². The average molecular weight is 208 g/mol. The Morgan fingerprint density at radius 3 is 2.77 bits per heavy atom. The van der Waals surface area contributed by atoms with E-state index in [-0.39, 0.29) is 24.3 Å². The second-order valence-corrected chi connectivity index (χ2v) is 3.49. The fourth-order valence-electron chi connectivity index (χ4n) is 1.89. The number of carbonyl (C=O) groups excluding carboxylic acids is 1. The van der Waals surface area contributed by atoms with E-state index in [9.17, 15) is 4.79 Å². The smallest absolute Gasteiger partial charge is 0.308 e. The highest BCUT2D eigenvalue weighted by molar-refractivity contribution is 5.85. The van der Waals surface area contributed by atoms with Gasteiger partial charge in [-0.25, -0.2) is 0 Å². The predicted octanol–water partition coefficient (Wildman–Crippen LogP) is 1.35.